The van der Waals surface area contributed by atoms with Crippen molar-refractivity contribution in [3.05, 3.63) is 82.9 Å². The zero-order valence-electron chi connectivity index (χ0n) is 19.3. The van der Waals surface area contributed by atoms with Gasteiger partial charge < -0.3 is 21.5 Å². The molecular weight excluding hydrogens is 454 g/mol. The zero-order valence-corrected chi connectivity index (χ0v) is 20.8. The average molecular weight is 486 g/mol. The lowest BCUT2D eigenvalue weighted by atomic mass is 9.85. The van der Waals surface area contributed by atoms with E-state index in [0.29, 0.717) is 0 Å². The van der Waals surface area contributed by atoms with Crippen LogP contribution >= 0.6 is 0 Å². The molecule has 0 radical (unpaired) electrons. The van der Waals surface area contributed by atoms with E-state index >= 15 is 0 Å². The molecule has 2 aliphatic rings. The van der Waals surface area contributed by atoms with Crippen molar-refractivity contribution in [2.45, 2.75) is 52.6 Å². The highest BCUT2D eigenvalue weighted by molar-refractivity contribution is 6.08. The second-order valence-corrected chi connectivity index (χ2v) is 10.1. The number of aryl methyl sites for hydroxylation is 2. The molecule has 0 atom stereocenters. The van der Waals surface area contributed by atoms with Crippen LogP contribution in [0.15, 0.2) is 60.7 Å². The van der Waals surface area contributed by atoms with E-state index < -0.39 is 0 Å². The van der Waals surface area contributed by atoms with Gasteiger partial charge in [0.15, 0.2) is 0 Å². The summed E-state index contributed by atoms with van der Waals surface area (Å²) in [7, 11) is 0. The van der Waals surface area contributed by atoms with Crippen LogP contribution in [0, 0.1) is 13.8 Å². The molecule has 0 amide bonds. The number of hydrogen-bond acceptors (Lipinski definition) is 0. The Morgan fingerprint density at radius 1 is 0.594 bits per heavy atom. The van der Waals surface area contributed by atoms with Crippen molar-refractivity contribution in [2.75, 3.05) is 13.1 Å². The van der Waals surface area contributed by atoms with Gasteiger partial charge in [0.2, 0.25) is 0 Å². The predicted octanol–water partition coefficient (Wildman–Crippen LogP) is 4.69. The van der Waals surface area contributed by atoms with Crippen molar-refractivity contribution < 1.29 is 21.5 Å². The van der Waals surface area contributed by atoms with Crippen LogP contribution in [0.1, 0.15) is 47.9 Å². The van der Waals surface area contributed by atoms with Gasteiger partial charge in [0.25, 0.3) is 0 Å². The van der Waals surface area contributed by atoms with Crippen molar-refractivity contribution in [3.8, 4) is 11.1 Å². The van der Waals surface area contributed by atoms with Gasteiger partial charge in [-0.1, -0.05) is 60.7 Å². The molecule has 0 saturated carbocycles. The number of hydrogen-bond donors (Lipinski definition) is 0. The Balaban J connectivity index is 0.00000216. The predicted molar refractivity (Wildman–Crippen MR) is 132 cm³/mol. The second-order valence-electron chi connectivity index (χ2n) is 10.1. The fraction of sp³-hybridized carbons (Fsp3) is 0.333. The van der Waals surface area contributed by atoms with E-state index in [0.717, 1.165) is 0 Å². The minimum atomic E-state index is 0. The highest BCUT2D eigenvalue weighted by Gasteiger charge is 2.36. The van der Waals surface area contributed by atoms with Crippen LogP contribution in [0.2, 0.25) is 0 Å². The van der Waals surface area contributed by atoms with E-state index in [1.54, 1.807) is 11.1 Å². The molecule has 4 aromatic rings. The molecular formula is C30H32BrN. The van der Waals surface area contributed by atoms with E-state index in [9.17, 15) is 0 Å². The van der Waals surface area contributed by atoms with E-state index in [1.165, 1.54) is 100 Å². The summed E-state index contributed by atoms with van der Waals surface area (Å²) in [5.74, 6) is 0. The maximum absolute atomic E-state index is 2.44. The monoisotopic (exact) mass is 485 g/mol. The third kappa shape index (κ3) is 3.40. The van der Waals surface area contributed by atoms with Crippen molar-refractivity contribution in [2.24, 2.45) is 0 Å². The SMILES string of the molecule is Cc1cc2ccccc2c2c1C[N+]1(CCCCCC1)Cc1c(C)cc3ccccc3c1-2.[Br-]. The molecule has 164 valence electrons. The highest BCUT2D eigenvalue weighted by Crippen LogP contribution is 2.46. The summed E-state index contributed by atoms with van der Waals surface area (Å²) in [6.45, 7) is 9.68. The number of nitrogens with zero attached hydrogens (tertiary/aromatic N) is 1. The molecule has 2 heteroatoms. The number of halogens is 1. The first-order valence-corrected chi connectivity index (χ1v) is 12.0. The van der Waals surface area contributed by atoms with Crippen molar-refractivity contribution in [3.63, 3.8) is 0 Å². The Hall–Kier alpha value is -2.16. The number of rotatable bonds is 0. The standard InChI is InChI=1S/C30H32N.BrH/c1-21-17-23-11-5-7-13-25(23)29-27(21)19-31(15-9-3-4-10-16-31)20-28-22(2)18-24-12-6-8-14-26(24)30(28)29;/h5-8,11-14,17-18H,3-4,9-10,15-16,19-20H2,1-2H3;1H/q+1;/p-1. The maximum Gasteiger partial charge on any atom is 0.106 e. The Kier molecular flexibility index (Phi) is 5.63. The third-order valence-electron chi connectivity index (χ3n) is 8.01. The van der Waals surface area contributed by atoms with Gasteiger partial charge in [-0.15, -0.1) is 0 Å². The molecule has 6 rings (SSSR count). The number of fused-ring (bicyclic) bond motifs is 7. The van der Waals surface area contributed by atoms with Gasteiger partial charge in [0, 0.05) is 11.1 Å². The molecule has 2 heterocycles. The van der Waals surface area contributed by atoms with E-state index in [-0.39, 0.29) is 17.0 Å². The molecule has 1 saturated heterocycles. The van der Waals surface area contributed by atoms with Gasteiger partial charge >= 0.3 is 0 Å². The van der Waals surface area contributed by atoms with Gasteiger partial charge in [0.05, 0.1) is 13.1 Å². The first kappa shape index (κ1) is 21.7. The summed E-state index contributed by atoms with van der Waals surface area (Å²) in [5, 5.41) is 5.60. The maximum atomic E-state index is 2.44. The van der Waals surface area contributed by atoms with Crippen LogP contribution in [-0.2, 0) is 13.1 Å². The second kappa shape index (κ2) is 8.32. The lowest BCUT2D eigenvalue weighted by Crippen LogP contribution is -3.00. The molecule has 1 nitrogen and oxygen atoms in total. The highest BCUT2D eigenvalue weighted by atomic mass is 79.9. The van der Waals surface area contributed by atoms with Gasteiger partial charge in [-0.25, -0.2) is 0 Å². The van der Waals surface area contributed by atoms with Crippen LogP contribution in [0.4, 0.5) is 0 Å². The van der Waals surface area contributed by atoms with Crippen LogP contribution in [0.3, 0.4) is 0 Å². The summed E-state index contributed by atoms with van der Waals surface area (Å²) >= 11 is 0. The van der Waals surface area contributed by atoms with Crippen LogP contribution < -0.4 is 17.0 Å². The summed E-state index contributed by atoms with van der Waals surface area (Å²) in [6.07, 6.45) is 5.52. The van der Waals surface area contributed by atoms with Crippen LogP contribution in [0.5, 0.6) is 0 Å². The fourth-order valence-electron chi connectivity index (χ4n) is 6.44. The zero-order chi connectivity index (χ0) is 21.0. The normalized spacial score (nSPS) is 17.3. The Morgan fingerprint density at radius 2 is 1.03 bits per heavy atom. The number of benzene rings is 4. The Bertz CT molecular complexity index is 1220. The van der Waals surface area contributed by atoms with Gasteiger partial charge in [0.1, 0.15) is 13.1 Å². The van der Waals surface area contributed by atoms with E-state index in [1.807, 2.05) is 0 Å². The first-order valence-electron chi connectivity index (χ1n) is 12.0. The molecule has 0 aliphatic carbocycles. The molecule has 0 bridgehead atoms. The number of quaternary nitrogens is 1. The third-order valence-corrected chi connectivity index (χ3v) is 8.01. The van der Waals surface area contributed by atoms with Crippen molar-refractivity contribution in [1.82, 2.24) is 0 Å². The minimum Gasteiger partial charge on any atom is -1.00 e. The van der Waals surface area contributed by atoms with E-state index in [2.05, 4.69) is 74.5 Å². The molecule has 1 fully saturated rings. The van der Waals surface area contributed by atoms with Gasteiger partial charge in [-0.05, 0) is 83.3 Å². The van der Waals surface area contributed by atoms with Crippen LogP contribution in [0.25, 0.3) is 32.7 Å². The van der Waals surface area contributed by atoms with Gasteiger partial charge in [-0.2, -0.15) is 0 Å². The topological polar surface area (TPSA) is 0 Å². The molecule has 0 unspecified atom stereocenters. The molecule has 0 aromatic heterocycles. The first-order chi connectivity index (χ1) is 15.2. The minimum absolute atomic E-state index is 0. The Labute approximate surface area is 202 Å². The quantitative estimate of drug-likeness (QED) is 0.317. The van der Waals surface area contributed by atoms with Gasteiger partial charge in [-0.3, -0.25) is 0 Å². The molecule has 2 aliphatic heterocycles. The lowest BCUT2D eigenvalue weighted by molar-refractivity contribution is -0.952. The summed E-state index contributed by atoms with van der Waals surface area (Å²) in [5.41, 5.74) is 9.16. The fourth-order valence-corrected chi connectivity index (χ4v) is 6.44. The summed E-state index contributed by atoms with van der Waals surface area (Å²) in [4.78, 5) is 0. The smallest absolute Gasteiger partial charge is 0.106 e. The Morgan fingerprint density at radius 3 is 1.50 bits per heavy atom. The lowest BCUT2D eigenvalue weighted by Gasteiger charge is -2.38. The largest absolute Gasteiger partial charge is 1.00 e. The van der Waals surface area contributed by atoms with Crippen molar-refractivity contribution in [1.29, 1.82) is 0 Å². The summed E-state index contributed by atoms with van der Waals surface area (Å²) < 4.78 is 1.23. The molecule has 1 spiro atoms. The molecule has 0 N–H and O–H groups in total. The molecule has 4 aromatic carbocycles. The molecule has 32 heavy (non-hydrogen) atoms. The van der Waals surface area contributed by atoms with Crippen molar-refractivity contribution >= 4 is 21.5 Å². The average Bonchev–Trinajstić information content (AvgIpc) is 3.09. The van der Waals surface area contributed by atoms with Crippen LogP contribution in [-0.4, -0.2) is 17.6 Å². The van der Waals surface area contributed by atoms with E-state index in [4.69, 9.17) is 0 Å². The summed E-state index contributed by atoms with van der Waals surface area (Å²) in [6, 6.07) is 23.0.